The van der Waals surface area contributed by atoms with Gasteiger partial charge in [0, 0.05) is 36.1 Å². The zero-order valence-electron chi connectivity index (χ0n) is 18.2. The average molecular weight is 466 g/mol. The van der Waals surface area contributed by atoms with E-state index in [0.717, 1.165) is 0 Å². The van der Waals surface area contributed by atoms with Crippen molar-refractivity contribution < 1.29 is 23.9 Å². The fraction of sp³-hybridized carbons (Fsp3) is 0.208. The molecule has 0 spiro atoms. The van der Waals surface area contributed by atoms with Crippen LogP contribution >= 0.6 is 11.3 Å². The molecule has 8 nitrogen and oxygen atoms in total. The molecule has 2 aromatic carbocycles. The summed E-state index contributed by atoms with van der Waals surface area (Å²) < 4.78 is 10.6. The first kappa shape index (κ1) is 22.3. The van der Waals surface area contributed by atoms with E-state index in [2.05, 4.69) is 10.6 Å². The third-order valence-corrected chi connectivity index (χ3v) is 6.20. The van der Waals surface area contributed by atoms with E-state index in [1.54, 1.807) is 60.5 Å². The lowest BCUT2D eigenvalue weighted by Gasteiger charge is -2.18. The van der Waals surface area contributed by atoms with Gasteiger partial charge in [-0.25, -0.2) is 0 Å². The molecule has 1 aromatic heterocycles. The topological polar surface area (TPSA) is 97.0 Å². The quantitative estimate of drug-likeness (QED) is 0.550. The van der Waals surface area contributed by atoms with Crippen LogP contribution in [-0.4, -0.2) is 38.5 Å². The number of carbonyl (C=O) groups excluding carboxylic acids is 3. The second-order valence-corrected chi connectivity index (χ2v) is 8.39. The van der Waals surface area contributed by atoms with Crippen molar-refractivity contribution in [2.45, 2.75) is 6.42 Å². The number of amides is 3. The maximum Gasteiger partial charge on any atom is 0.265 e. The number of ether oxygens (including phenoxy) is 2. The third-order valence-electron chi connectivity index (χ3n) is 5.33. The van der Waals surface area contributed by atoms with Gasteiger partial charge < -0.3 is 25.0 Å². The lowest BCUT2D eigenvalue weighted by molar-refractivity contribution is -0.122. The predicted molar refractivity (Wildman–Crippen MR) is 127 cm³/mol. The Balaban J connectivity index is 1.37. The minimum absolute atomic E-state index is 0.120. The number of carbonyl (C=O) groups is 3. The molecule has 170 valence electrons. The van der Waals surface area contributed by atoms with Gasteiger partial charge in [-0.1, -0.05) is 6.07 Å². The number of thiophene rings is 1. The number of nitrogens with zero attached hydrogens (tertiary/aromatic N) is 1. The van der Waals surface area contributed by atoms with Crippen molar-refractivity contribution >= 4 is 46.1 Å². The summed E-state index contributed by atoms with van der Waals surface area (Å²) in [5.41, 5.74) is 1.87. The number of anilines is 3. The van der Waals surface area contributed by atoms with E-state index in [9.17, 15) is 14.4 Å². The van der Waals surface area contributed by atoms with E-state index in [0.29, 0.717) is 33.4 Å². The molecule has 2 N–H and O–H groups in total. The van der Waals surface area contributed by atoms with Crippen LogP contribution in [0.25, 0.3) is 0 Å². The summed E-state index contributed by atoms with van der Waals surface area (Å²) in [7, 11) is 3.08. The van der Waals surface area contributed by atoms with Crippen LogP contribution < -0.4 is 25.0 Å². The van der Waals surface area contributed by atoms with Crippen LogP contribution in [-0.2, 0) is 9.59 Å². The van der Waals surface area contributed by atoms with Gasteiger partial charge >= 0.3 is 0 Å². The zero-order valence-corrected chi connectivity index (χ0v) is 19.0. The van der Waals surface area contributed by atoms with Gasteiger partial charge in [0.2, 0.25) is 11.8 Å². The monoisotopic (exact) mass is 465 g/mol. The van der Waals surface area contributed by atoms with Crippen LogP contribution in [0.4, 0.5) is 17.1 Å². The van der Waals surface area contributed by atoms with Crippen molar-refractivity contribution in [3.63, 3.8) is 0 Å². The molecule has 2 heterocycles. The van der Waals surface area contributed by atoms with E-state index in [4.69, 9.17) is 9.47 Å². The van der Waals surface area contributed by atoms with Gasteiger partial charge in [0.1, 0.15) is 0 Å². The molecular formula is C24H23N3O5S. The van der Waals surface area contributed by atoms with E-state index in [-0.39, 0.29) is 30.7 Å². The molecule has 1 atom stereocenters. The number of rotatable bonds is 7. The smallest absolute Gasteiger partial charge is 0.265 e. The Hall–Kier alpha value is -3.85. The summed E-state index contributed by atoms with van der Waals surface area (Å²) >= 11 is 1.36. The summed E-state index contributed by atoms with van der Waals surface area (Å²) in [6, 6.07) is 15.7. The van der Waals surface area contributed by atoms with Gasteiger partial charge in [-0.05, 0) is 47.8 Å². The SMILES string of the molecule is COc1ccc(N2CC(C(=O)Nc3ccc(NC(=O)c4cccs4)cc3)CC2=O)cc1OC. The number of methoxy groups -OCH3 is 2. The Morgan fingerprint density at radius 1 is 0.970 bits per heavy atom. The Labute approximate surface area is 195 Å². The van der Waals surface area contributed by atoms with Crippen LogP contribution in [0.1, 0.15) is 16.1 Å². The molecule has 3 aromatic rings. The van der Waals surface area contributed by atoms with Crippen molar-refractivity contribution in [2.75, 3.05) is 36.3 Å². The molecule has 33 heavy (non-hydrogen) atoms. The van der Waals surface area contributed by atoms with Gasteiger partial charge in [-0.2, -0.15) is 0 Å². The minimum atomic E-state index is -0.483. The maximum atomic E-state index is 12.8. The lowest BCUT2D eigenvalue weighted by Crippen LogP contribution is -2.28. The summed E-state index contributed by atoms with van der Waals surface area (Å²) in [5, 5.41) is 7.51. The molecule has 0 radical (unpaired) electrons. The number of hydrogen-bond acceptors (Lipinski definition) is 6. The highest BCUT2D eigenvalue weighted by Gasteiger charge is 2.35. The molecule has 1 aliphatic rings. The van der Waals surface area contributed by atoms with Crippen LogP contribution in [0, 0.1) is 5.92 Å². The van der Waals surface area contributed by atoms with Crippen molar-refractivity contribution in [3.05, 3.63) is 64.9 Å². The molecule has 0 bridgehead atoms. The molecule has 1 saturated heterocycles. The molecule has 9 heteroatoms. The first-order valence-electron chi connectivity index (χ1n) is 10.3. The fourth-order valence-electron chi connectivity index (χ4n) is 3.61. The lowest BCUT2D eigenvalue weighted by atomic mass is 10.1. The van der Waals surface area contributed by atoms with Crippen LogP contribution in [0.5, 0.6) is 11.5 Å². The van der Waals surface area contributed by atoms with E-state index >= 15 is 0 Å². The molecule has 4 rings (SSSR count). The van der Waals surface area contributed by atoms with Gasteiger partial charge in [0.05, 0.1) is 25.0 Å². The molecule has 0 aliphatic carbocycles. The van der Waals surface area contributed by atoms with Gasteiger partial charge in [-0.15, -0.1) is 11.3 Å². The van der Waals surface area contributed by atoms with Crippen molar-refractivity contribution in [3.8, 4) is 11.5 Å². The normalized spacial score (nSPS) is 15.3. The highest BCUT2D eigenvalue weighted by Crippen LogP contribution is 2.34. The summed E-state index contributed by atoms with van der Waals surface area (Å²) in [6.45, 7) is 0.273. The zero-order chi connectivity index (χ0) is 23.4. The summed E-state index contributed by atoms with van der Waals surface area (Å²) in [4.78, 5) is 39.7. The Morgan fingerprint density at radius 3 is 2.30 bits per heavy atom. The van der Waals surface area contributed by atoms with Crippen molar-refractivity contribution in [1.29, 1.82) is 0 Å². The standard InChI is InChI=1S/C24H23N3O5S/c1-31-19-10-9-18(13-20(19)32-2)27-14-15(12-22(27)28)23(29)25-16-5-7-17(8-6-16)26-24(30)21-4-3-11-33-21/h3-11,13,15H,12,14H2,1-2H3,(H,25,29)(H,26,30). The largest absolute Gasteiger partial charge is 0.493 e. The van der Waals surface area contributed by atoms with Gasteiger partial charge in [0.25, 0.3) is 5.91 Å². The number of benzene rings is 2. The minimum Gasteiger partial charge on any atom is -0.493 e. The molecule has 1 fully saturated rings. The molecular weight excluding hydrogens is 442 g/mol. The van der Waals surface area contributed by atoms with Gasteiger partial charge in [0.15, 0.2) is 11.5 Å². The van der Waals surface area contributed by atoms with Crippen molar-refractivity contribution in [1.82, 2.24) is 0 Å². The molecule has 0 saturated carbocycles. The second kappa shape index (κ2) is 9.74. The predicted octanol–water partition coefficient (Wildman–Crippen LogP) is 4.01. The Bertz CT molecular complexity index is 1160. The third kappa shape index (κ3) is 4.98. The maximum absolute atomic E-state index is 12.8. The molecule has 1 aliphatic heterocycles. The highest BCUT2D eigenvalue weighted by atomic mass is 32.1. The highest BCUT2D eigenvalue weighted by molar-refractivity contribution is 7.12. The van der Waals surface area contributed by atoms with Crippen LogP contribution in [0.3, 0.4) is 0 Å². The van der Waals surface area contributed by atoms with Crippen LogP contribution in [0.2, 0.25) is 0 Å². The fourth-order valence-corrected chi connectivity index (χ4v) is 4.23. The van der Waals surface area contributed by atoms with Gasteiger partial charge in [-0.3, -0.25) is 14.4 Å². The van der Waals surface area contributed by atoms with Crippen LogP contribution in [0.15, 0.2) is 60.0 Å². The Morgan fingerprint density at radius 2 is 1.67 bits per heavy atom. The number of hydrogen-bond donors (Lipinski definition) is 2. The average Bonchev–Trinajstić information content (AvgIpc) is 3.50. The Kier molecular flexibility index (Phi) is 6.60. The first-order valence-corrected chi connectivity index (χ1v) is 11.1. The van der Waals surface area contributed by atoms with E-state index in [1.165, 1.54) is 18.4 Å². The van der Waals surface area contributed by atoms with E-state index in [1.807, 2.05) is 11.4 Å². The molecule has 1 unspecified atom stereocenters. The molecule has 3 amide bonds. The summed E-state index contributed by atoms with van der Waals surface area (Å²) in [6.07, 6.45) is 0.120. The van der Waals surface area contributed by atoms with E-state index < -0.39 is 5.92 Å². The van der Waals surface area contributed by atoms with Crippen molar-refractivity contribution in [2.24, 2.45) is 5.92 Å². The first-order chi connectivity index (χ1) is 16.0. The second-order valence-electron chi connectivity index (χ2n) is 7.44. The number of nitrogens with one attached hydrogen (secondary N) is 2. The summed E-state index contributed by atoms with van der Waals surface area (Å²) in [5.74, 6) is 0.0557.